The van der Waals surface area contributed by atoms with Gasteiger partial charge in [0, 0.05) is 30.0 Å². The van der Waals surface area contributed by atoms with Crippen molar-refractivity contribution in [2.45, 2.75) is 12.3 Å². The maximum atomic E-state index is 13.1. The van der Waals surface area contributed by atoms with Gasteiger partial charge in [-0.25, -0.2) is 13.5 Å². The number of nitrogens with zero attached hydrogens (tertiary/aromatic N) is 5. The van der Waals surface area contributed by atoms with Gasteiger partial charge in [-0.15, -0.1) is 6.42 Å². The second kappa shape index (κ2) is 9.45. The number of anilines is 1. The van der Waals surface area contributed by atoms with Gasteiger partial charge >= 0.3 is 0 Å². The van der Waals surface area contributed by atoms with E-state index in [-0.39, 0.29) is 41.0 Å². The van der Waals surface area contributed by atoms with Gasteiger partial charge in [0.1, 0.15) is 12.8 Å². The Morgan fingerprint density at radius 2 is 2.37 bits per heavy atom. The molecular weight excluding hydrogens is 436 g/mol. The number of pyridine rings is 1. The largest absolute Gasteiger partial charge is 0.399 e. The predicted octanol–water partition coefficient (Wildman–Crippen LogP) is 3.28. The van der Waals surface area contributed by atoms with E-state index in [9.17, 15) is 13.6 Å². The number of thioether (sulfide) groups is 1. The van der Waals surface area contributed by atoms with Gasteiger partial charge in [0.15, 0.2) is 10.9 Å². The summed E-state index contributed by atoms with van der Waals surface area (Å²) in [5.74, 6) is -1.10. The SMILES string of the molecule is C#CCN(C(=O)/C(CSCC1CC1(F)F)=N\OC)c1cn(-c2cccnc2)nc1Cl. The first-order valence-corrected chi connectivity index (χ1v) is 10.4. The highest BCUT2D eigenvalue weighted by Crippen LogP contribution is 2.50. The van der Waals surface area contributed by atoms with Gasteiger partial charge in [-0.1, -0.05) is 22.7 Å². The molecule has 1 amide bonds. The van der Waals surface area contributed by atoms with Crippen molar-refractivity contribution in [2.24, 2.45) is 11.1 Å². The van der Waals surface area contributed by atoms with Crippen molar-refractivity contribution in [1.29, 1.82) is 0 Å². The van der Waals surface area contributed by atoms with E-state index >= 15 is 0 Å². The molecule has 1 aliphatic carbocycles. The molecule has 0 saturated heterocycles. The Labute approximate surface area is 181 Å². The van der Waals surface area contributed by atoms with E-state index in [1.807, 2.05) is 0 Å². The van der Waals surface area contributed by atoms with Crippen LogP contribution in [0.1, 0.15) is 6.42 Å². The summed E-state index contributed by atoms with van der Waals surface area (Å²) < 4.78 is 27.6. The molecule has 2 aromatic heterocycles. The fraction of sp³-hybridized carbons (Fsp3) is 0.368. The molecule has 2 aromatic rings. The monoisotopic (exact) mass is 453 g/mol. The molecule has 2 heterocycles. The van der Waals surface area contributed by atoms with Gasteiger partial charge in [0.2, 0.25) is 0 Å². The van der Waals surface area contributed by atoms with E-state index in [4.69, 9.17) is 22.9 Å². The zero-order valence-electron chi connectivity index (χ0n) is 16.0. The highest BCUT2D eigenvalue weighted by Gasteiger charge is 2.56. The molecule has 11 heteroatoms. The number of terminal acetylenes is 1. The topological polar surface area (TPSA) is 72.6 Å². The smallest absolute Gasteiger partial charge is 0.277 e. The normalized spacial score (nSPS) is 17.3. The minimum Gasteiger partial charge on any atom is -0.399 e. The molecule has 0 aromatic carbocycles. The average molecular weight is 454 g/mol. The van der Waals surface area contributed by atoms with E-state index in [0.29, 0.717) is 5.69 Å². The maximum absolute atomic E-state index is 13.1. The van der Waals surface area contributed by atoms with Gasteiger partial charge in [-0.2, -0.15) is 16.9 Å². The Bertz CT molecular complexity index is 977. The molecule has 0 spiro atoms. The predicted molar refractivity (Wildman–Crippen MR) is 112 cm³/mol. The molecule has 3 rings (SSSR count). The van der Waals surface area contributed by atoms with Crippen LogP contribution in [0.25, 0.3) is 5.69 Å². The third-order valence-electron chi connectivity index (χ3n) is 4.31. The fourth-order valence-corrected chi connectivity index (χ4v) is 4.01. The van der Waals surface area contributed by atoms with E-state index in [2.05, 4.69) is 21.2 Å². The lowest BCUT2D eigenvalue weighted by Gasteiger charge is -2.19. The fourth-order valence-electron chi connectivity index (χ4n) is 2.65. The van der Waals surface area contributed by atoms with Crippen LogP contribution in [0.4, 0.5) is 14.5 Å². The van der Waals surface area contributed by atoms with Crippen LogP contribution in [0.15, 0.2) is 35.9 Å². The number of aromatic nitrogens is 3. The van der Waals surface area contributed by atoms with Crippen molar-refractivity contribution in [3.8, 4) is 18.0 Å². The number of alkyl halides is 2. The van der Waals surface area contributed by atoms with Crippen LogP contribution < -0.4 is 4.90 Å². The molecule has 158 valence electrons. The second-order valence-electron chi connectivity index (χ2n) is 6.45. The number of rotatable bonds is 9. The summed E-state index contributed by atoms with van der Waals surface area (Å²) in [6.07, 6.45) is 10.1. The van der Waals surface area contributed by atoms with Crippen LogP contribution in [-0.4, -0.2) is 57.5 Å². The number of halogens is 3. The molecule has 1 unspecified atom stereocenters. The molecule has 0 radical (unpaired) electrons. The van der Waals surface area contributed by atoms with Crippen molar-refractivity contribution in [3.63, 3.8) is 0 Å². The zero-order valence-corrected chi connectivity index (χ0v) is 17.5. The molecule has 30 heavy (non-hydrogen) atoms. The van der Waals surface area contributed by atoms with Crippen molar-refractivity contribution >= 4 is 40.7 Å². The maximum Gasteiger partial charge on any atom is 0.277 e. The summed E-state index contributed by atoms with van der Waals surface area (Å²) >= 11 is 7.45. The highest BCUT2D eigenvalue weighted by molar-refractivity contribution is 8.00. The van der Waals surface area contributed by atoms with Crippen molar-refractivity contribution in [1.82, 2.24) is 14.8 Å². The van der Waals surface area contributed by atoms with Crippen LogP contribution in [0.5, 0.6) is 0 Å². The van der Waals surface area contributed by atoms with Crippen LogP contribution in [0, 0.1) is 18.3 Å². The number of hydrogen-bond donors (Lipinski definition) is 0. The summed E-state index contributed by atoms with van der Waals surface area (Å²) in [6, 6.07) is 3.51. The lowest BCUT2D eigenvalue weighted by molar-refractivity contribution is -0.112. The Hall–Kier alpha value is -2.64. The Kier molecular flexibility index (Phi) is 6.95. The van der Waals surface area contributed by atoms with Crippen LogP contribution in [-0.2, 0) is 9.63 Å². The van der Waals surface area contributed by atoms with Crippen LogP contribution in [0.2, 0.25) is 5.15 Å². The van der Waals surface area contributed by atoms with E-state index < -0.39 is 17.7 Å². The minimum atomic E-state index is -2.61. The molecule has 0 aliphatic heterocycles. The Morgan fingerprint density at radius 1 is 1.60 bits per heavy atom. The summed E-state index contributed by atoms with van der Waals surface area (Å²) in [5.41, 5.74) is 0.961. The first kappa shape index (κ1) is 22.1. The first-order chi connectivity index (χ1) is 14.4. The van der Waals surface area contributed by atoms with Crippen LogP contribution >= 0.6 is 23.4 Å². The van der Waals surface area contributed by atoms with Crippen molar-refractivity contribution in [2.75, 3.05) is 30.1 Å². The molecular formula is C19H18ClF2N5O2S. The summed E-state index contributed by atoms with van der Waals surface area (Å²) in [6.45, 7) is -0.0919. The number of carbonyl (C=O) groups excluding carboxylic acids is 1. The summed E-state index contributed by atoms with van der Waals surface area (Å²) in [7, 11) is 1.30. The molecule has 1 aliphatic rings. The van der Waals surface area contributed by atoms with E-state index in [0.717, 1.165) is 0 Å². The minimum absolute atomic E-state index is 0.0342. The third kappa shape index (κ3) is 5.09. The molecule has 0 bridgehead atoms. The Balaban J connectivity index is 1.78. The number of oxime groups is 1. The lowest BCUT2D eigenvalue weighted by Crippen LogP contribution is -2.38. The quantitative estimate of drug-likeness (QED) is 0.331. The molecule has 1 atom stereocenters. The van der Waals surface area contributed by atoms with Crippen molar-refractivity contribution < 1.29 is 18.4 Å². The van der Waals surface area contributed by atoms with Gasteiger partial charge in [0.05, 0.1) is 24.6 Å². The highest BCUT2D eigenvalue weighted by atomic mass is 35.5. The molecule has 1 saturated carbocycles. The number of hydrogen-bond acceptors (Lipinski definition) is 6. The average Bonchev–Trinajstić information content (AvgIpc) is 3.15. The van der Waals surface area contributed by atoms with E-state index in [1.165, 1.54) is 28.5 Å². The van der Waals surface area contributed by atoms with Crippen LogP contribution in [0.3, 0.4) is 0 Å². The third-order valence-corrected chi connectivity index (χ3v) is 5.69. The van der Waals surface area contributed by atoms with Gasteiger partial charge in [-0.05, 0) is 12.1 Å². The molecule has 0 N–H and O–H groups in total. The van der Waals surface area contributed by atoms with Gasteiger partial charge in [0.25, 0.3) is 11.8 Å². The number of amides is 1. The van der Waals surface area contributed by atoms with Gasteiger partial charge in [-0.3, -0.25) is 14.7 Å². The zero-order chi connectivity index (χ0) is 21.7. The van der Waals surface area contributed by atoms with Crippen molar-refractivity contribution in [3.05, 3.63) is 35.9 Å². The molecule has 7 nitrogen and oxygen atoms in total. The number of carbonyl (C=O) groups is 1. The summed E-state index contributed by atoms with van der Waals surface area (Å²) in [4.78, 5) is 23.1. The first-order valence-electron chi connectivity index (χ1n) is 8.84. The second-order valence-corrected chi connectivity index (χ2v) is 7.84. The standard InChI is InChI=1S/C19H18ClF2N5O2S/c1-3-7-26(16-10-27(24-17(16)20)14-5-4-6-23-9-14)18(28)15(25-29-2)12-30-11-13-8-19(13,21)22/h1,4-6,9-10,13H,7-8,11-12H2,2H3/b25-15-. The summed E-state index contributed by atoms with van der Waals surface area (Å²) in [5, 5.41) is 8.03. The van der Waals surface area contributed by atoms with Gasteiger partial charge < -0.3 is 4.84 Å². The lowest BCUT2D eigenvalue weighted by atomic mass is 10.3. The molecule has 1 fully saturated rings. The Morgan fingerprint density at radius 3 is 2.97 bits per heavy atom. The van der Waals surface area contributed by atoms with E-state index in [1.54, 1.807) is 30.7 Å².